The van der Waals surface area contributed by atoms with Crippen LogP contribution in [0.2, 0.25) is 0 Å². The van der Waals surface area contributed by atoms with Gasteiger partial charge in [-0.25, -0.2) is 0 Å². The third-order valence-corrected chi connectivity index (χ3v) is 5.59. The topological polar surface area (TPSA) is 56.8 Å². The molecule has 2 aliphatic heterocycles. The first-order valence-electron chi connectivity index (χ1n) is 9.91. The van der Waals surface area contributed by atoms with Crippen molar-refractivity contribution >= 4 is 11.8 Å². The normalized spacial score (nSPS) is 20.6. The monoisotopic (exact) mass is 378 g/mol. The minimum absolute atomic E-state index is 0.0601. The highest BCUT2D eigenvalue weighted by atomic mass is 16.2. The van der Waals surface area contributed by atoms with Gasteiger partial charge >= 0.3 is 0 Å². The zero-order chi connectivity index (χ0) is 19.3. The Hall–Kier alpha value is -2.73. The van der Waals surface area contributed by atoms with Gasteiger partial charge in [-0.3, -0.25) is 19.5 Å². The zero-order valence-electron chi connectivity index (χ0n) is 16.0. The first-order chi connectivity index (χ1) is 13.7. The number of pyridine rings is 1. The third kappa shape index (κ3) is 4.39. The van der Waals surface area contributed by atoms with E-state index in [0.717, 1.165) is 38.3 Å². The molecule has 2 aliphatic rings. The summed E-state index contributed by atoms with van der Waals surface area (Å²) >= 11 is 0. The molecule has 0 spiro atoms. The van der Waals surface area contributed by atoms with Crippen LogP contribution in [-0.4, -0.2) is 64.2 Å². The van der Waals surface area contributed by atoms with E-state index in [1.807, 2.05) is 23.1 Å². The Morgan fingerprint density at radius 2 is 1.71 bits per heavy atom. The van der Waals surface area contributed by atoms with Gasteiger partial charge < -0.3 is 9.80 Å². The van der Waals surface area contributed by atoms with Crippen LogP contribution in [0.25, 0.3) is 0 Å². The summed E-state index contributed by atoms with van der Waals surface area (Å²) in [7, 11) is 0. The third-order valence-electron chi connectivity index (χ3n) is 5.59. The molecule has 0 radical (unpaired) electrons. The SMILES string of the molecule is O=C1CC(C(=O)N2CCN(Cc3ccccc3)CC2)CN1Cc1cccnc1. The van der Waals surface area contributed by atoms with Crippen LogP contribution in [0.4, 0.5) is 0 Å². The molecule has 6 nitrogen and oxygen atoms in total. The fraction of sp³-hybridized carbons (Fsp3) is 0.409. The lowest BCUT2D eigenvalue weighted by molar-refractivity contribution is -0.137. The minimum atomic E-state index is -0.218. The Labute approximate surface area is 165 Å². The molecule has 6 heteroatoms. The number of amides is 2. The predicted octanol–water partition coefficient (Wildman–Crippen LogP) is 1.77. The number of rotatable bonds is 5. The van der Waals surface area contributed by atoms with E-state index >= 15 is 0 Å². The number of carbonyl (C=O) groups is 2. The first kappa shape index (κ1) is 18.6. The predicted molar refractivity (Wildman–Crippen MR) is 106 cm³/mol. The number of hydrogen-bond donors (Lipinski definition) is 0. The van der Waals surface area contributed by atoms with Crippen LogP contribution in [0.1, 0.15) is 17.5 Å². The van der Waals surface area contributed by atoms with E-state index in [-0.39, 0.29) is 17.7 Å². The molecule has 2 amide bonds. The first-order valence-corrected chi connectivity index (χ1v) is 9.91. The summed E-state index contributed by atoms with van der Waals surface area (Å²) in [6, 6.07) is 14.2. The molecule has 1 aromatic carbocycles. The maximum absolute atomic E-state index is 12.9. The summed E-state index contributed by atoms with van der Waals surface area (Å²) in [4.78, 5) is 35.5. The Kier molecular flexibility index (Phi) is 5.67. The number of benzene rings is 1. The minimum Gasteiger partial charge on any atom is -0.340 e. The van der Waals surface area contributed by atoms with E-state index < -0.39 is 0 Å². The van der Waals surface area contributed by atoms with Crippen molar-refractivity contribution in [2.75, 3.05) is 32.7 Å². The van der Waals surface area contributed by atoms with Crippen molar-refractivity contribution in [1.29, 1.82) is 0 Å². The van der Waals surface area contributed by atoms with E-state index in [1.54, 1.807) is 17.3 Å². The summed E-state index contributed by atoms with van der Waals surface area (Å²) in [6.07, 6.45) is 3.82. The molecule has 2 fully saturated rings. The van der Waals surface area contributed by atoms with Gasteiger partial charge in [0.05, 0.1) is 5.92 Å². The van der Waals surface area contributed by atoms with Gasteiger partial charge in [0.15, 0.2) is 0 Å². The molecule has 1 aromatic heterocycles. The number of hydrogen-bond acceptors (Lipinski definition) is 4. The Bertz CT molecular complexity index is 804. The smallest absolute Gasteiger partial charge is 0.228 e. The van der Waals surface area contributed by atoms with Crippen LogP contribution < -0.4 is 0 Å². The lowest BCUT2D eigenvalue weighted by Gasteiger charge is -2.36. The number of piperazine rings is 1. The summed E-state index contributed by atoms with van der Waals surface area (Å²) in [5.74, 6) is -0.0313. The second kappa shape index (κ2) is 8.52. The van der Waals surface area contributed by atoms with Crippen LogP contribution in [0, 0.1) is 5.92 Å². The van der Waals surface area contributed by atoms with Crippen molar-refractivity contribution in [3.63, 3.8) is 0 Å². The van der Waals surface area contributed by atoms with E-state index in [4.69, 9.17) is 0 Å². The average Bonchev–Trinajstić information content (AvgIpc) is 3.10. The number of carbonyl (C=O) groups excluding carboxylic acids is 2. The second-order valence-electron chi connectivity index (χ2n) is 7.62. The van der Waals surface area contributed by atoms with Gasteiger partial charge in [0.2, 0.25) is 11.8 Å². The van der Waals surface area contributed by atoms with Gasteiger partial charge in [-0.15, -0.1) is 0 Å². The molecule has 1 unspecified atom stereocenters. The molecule has 2 aromatic rings. The van der Waals surface area contributed by atoms with Crippen LogP contribution in [0.5, 0.6) is 0 Å². The van der Waals surface area contributed by atoms with Gasteiger partial charge in [-0.05, 0) is 17.2 Å². The largest absolute Gasteiger partial charge is 0.340 e. The van der Waals surface area contributed by atoms with Gasteiger partial charge in [-0.2, -0.15) is 0 Å². The lowest BCUT2D eigenvalue weighted by atomic mass is 10.1. The summed E-state index contributed by atoms with van der Waals surface area (Å²) in [5, 5.41) is 0. The Balaban J connectivity index is 1.28. The van der Waals surface area contributed by atoms with Crippen molar-refractivity contribution in [3.8, 4) is 0 Å². The molecule has 28 heavy (non-hydrogen) atoms. The maximum atomic E-state index is 12.9. The highest BCUT2D eigenvalue weighted by Crippen LogP contribution is 2.23. The van der Waals surface area contributed by atoms with Crippen LogP contribution >= 0.6 is 0 Å². The van der Waals surface area contributed by atoms with Gasteiger partial charge in [-0.1, -0.05) is 36.4 Å². The number of nitrogens with zero attached hydrogens (tertiary/aromatic N) is 4. The highest BCUT2D eigenvalue weighted by Gasteiger charge is 2.37. The van der Waals surface area contributed by atoms with Gasteiger partial charge in [0.1, 0.15) is 0 Å². The molecule has 2 saturated heterocycles. The van der Waals surface area contributed by atoms with Crippen molar-refractivity contribution in [3.05, 3.63) is 66.0 Å². The second-order valence-corrected chi connectivity index (χ2v) is 7.62. The van der Waals surface area contributed by atoms with Gasteiger partial charge in [0, 0.05) is 64.6 Å². The van der Waals surface area contributed by atoms with Crippen LogP contribution in [0.3, 0.4) is 0 Å². The molecule has 0 bridgehead atoms. The van der Waals surface area contributed by atoms with Crippen LogP contribution in [0.15, 0.2) is 54.9 Å². The van der Waals surface area contributed by atoms with E-state index in [9.17, 15) is 9.59 Å². The quantitative estimate of drug-likeness (QED) is 0.796. The summed E-state index contributed by atoms with van der Waals surface area (Å²) < 4.78 is 0. The molecule has 0 saturated carbocycles. The molecule has 0 aliphatic carbocycles. The molecular weight excluding hydrogens is 352 g/mol. The number of likely N-dealkylation sites (tertiary alicyclic amines) is 1. The van der Waals surface area contributed by atoms with Crippen molar-refractivity contribution in [2.45, 2.75) is 19.5 Å². The molecule has 0 N–H and O–H groups in total. The molecule has 3 heterocycles. The van der Waals surface area contributed by atoms with Crippen molar-refractivity contribution < 1.29 is 9.59 Å². The fourth-order valence-electron chi connectivity index (χ4n) is 4.03. The molecule has 1 atom stereocenters. The van der Waals surface area contributed by atoms with E-state index in [2.05, 4.69) is 34.1 Å². The van der Waals surface area contributed by atoms with Crippen LogP contribution in [-0.2, 0) is 22.7 Å². The molecule has 4 rings (SSSR count). The van der Waals surface area contributed by atoms with Gasteiger partial charge in [0.25, 0.3) is 0 Å². The molecule has 146 valence electrons. The Morgan fingerprint density at radius 3 is 2.43 bits per heavy atom. The molecular formula is C22H26N4O2. The highest BCUT2D eigenvalue weighted by molar-refractivity contribution is 5.89. The Morgan fingerprint density at radius 1 is 0.964 bits per heavy atom. The lowest BCUT2D eigenvalue weighted by Crippen LogP contribution is -2.50. The van der Waals surface area contributed by atoms with E-state index in [1.165, 1.54) is 5.56 Å². The summed E-state index contributed by atoms with van der Waals surface area (Å²) in [6.45, 7) is 5.18. The summed E-state index contributed by atoms with van der Waals surface area (Å²) in [5.41, 5.74) is 2.30. The standard InChI is InChI=1S/C22H26N4O2/c27-21-13-20(17-26(21)16-19-7-4-8-23-14-19)22(28)25-11-9-24(10-12-25)15-18-5-2-1-3-6-18/h1-8,14,20H,9-13,15-17H2. The van der Waals surface area contributed by atoms with Crippen molar-refractivity contribution in [2.24, 2.45) is 5.92 Å². The fourth-order valence-corrected chi connectivity index (χ4v) is 4.03. The average molecular weight is 378 g/mol. The zero-order valence-corrected chi connectivity index (χ0v) is 16.0. The van der Waals surface area contributed by atoms with Crippen molar-refractivity contribution in [1.82, 2.24) is 19.7 Å². The van der Waals surface area contributed by atoms with E-state index in [0.29, 0.717) is 19.5 Å². The maximum Gasteiger partial charge on any atom is 0.228 e. The number of aromatic nitrogens is 1.